The van der Waals surface area contributed by atoms with E-state index in [1.165, 1.54) is 0 Å². The zero-order valence-electron chi connectivity index (χ0n) is 9.93. The number of amides is 2. The van der Waals surface area contributed by atoms with Crippen molar-refractivity contribution in [3.8, 4) is 0 Å². The molecule has 0 aliphatic carbocycles. The Morgan fingerprint density at radius 1 is 1.22 bits per heavy atom. The maximum Gasteiger partial charge on any atom is 0.320 e. The van der Waals surface area contributed by atoms with Crippen molar-refractivity contribution in [1.29, 1.82) is 0 Å². The number of carbonyl (C=O) groups excluding carboxylic acids is 1. The molecular formula is C12H17N3O3. The predicted octanol–water partition coefficient (Wildman–Crippen LogP) is 0.288. The first-order chi connectivity index (χ1) is 8.59. The van der Waals surface area contributed by atoms with Crippen LogP contribution in [0.5, 0.6) is 0 Å². The minimum Gasteiger partial charge on any atom is -0.480 e. The highest BCUT2D eigenvalue weighted by molar-refractivity contribution is 5.74. The van der Waals surface area contributed by atoms with E-state index >= 15 is 0 Å². The molecule has 1 aromatic carbocycles. The summed E-state index contributed by atoms with van der Waals surface area (Å²) >= 11 is 0. The van der Waals surface area contributed by atoms with Crippen molar-refractivity contribution in [1.82, 2.24) is 10.6 Å². The van der Waals surface area contributed by atoms with Crippen LogP contribution in [0.25, 0.3) is 0 Å². The average Bonchev–Trinajstić information content (AvgIpc) is 2.37. The van der Waals surface area contributed by atoms with Crippen LogP contribution in [0.1, 0.15) is 12.0 Å². The topological polar surface area (TPSA) is 104 Å². The molecule has 0 spiro atoms. The molecule has 1 rings (SSSR count). The fraction of sp³-hybridized carbons (Fsp3) is 0.333. The molecule has 2 amide bonds. The van der Waals surface area contributed by atoms with Crippen molar-refractivity contribution < 1.29 is 14.7 Å². The predicted molar refractivity (Wildman–Crippen MR) is 66.9 cm³/mol. The Labute approximate surface area is 105 Å². The van der Waals surface area contributed by atoms with Gasteiger partial charge in [0.05, 0.1) is 0 Å². The molecule has 0 saturated heterocycles. The van der Waals surface area contributed by atoms with Crippen molar-refractivity contribution in [3.63, 3.8) is 0 Å². The molecule has 0 bridgehead atoms. The number of nitrogens with two attached hydrogens (primary N) is 1. The lowest BCUT2D eigenvalue weighted by Gasteiger charge is -2.09. The Morgan fingerprint density at radius 3 is 2.50 bits per heavy atom. The van der Waals surface area contributed by atoms with E-state index in [0.29, 0.717) is 6.54 Å². The van der Waals surface area contributed by atoms with E-state index in [2.05, 4.69) is 10.6 Å². The zero-order chi connectivity index (χ0) is 13.4. The molecule has 0 unspecified atom stereocenters. The molecule has 0 heterocycles. The van der Waals surface area contributed by atoms with E-state index in [9.17, 15) is 9.59 Å². The molecule has 0 aliphatic heterocycles. The second-order valence-corrected chi connectivity index (χ2v) is 3.83. The molecule has 18 heavy (non-hydrogen) atoms. The van der Waals surface area contributed by atoms with Gasteiger partial charge in [-0.05, 0) is 12.0 Å². The summed E-state index contributed by atoms with van der Waals surface area (Å²) in [5.41, 5.74) is 6.29. The van der Waals surface area contributed by atoms with Crippen LogP contribution in [0.15, 0.2) is 30.3 Å². The number of rotatable bonds is 6. The van der Waals surface area contributed by atoms with Gasteiger partial charge in [-0.2, -0.15) is 0 Å². The maximum atomic E-state index is 11.4. The Kier molecular flexibility index (Phi) is 5.66. The number of carboxylic acid groups (broad SMARTS) is 1. The van der Waals surface area contributed by atoms with E-state index in [4.69, 9.17) is 10.8 Å². The monoisotopic (exact) mass is 251 g/mol. The number of carbonyl (C=O) groups is 2. The van der Waals surface area contributed by atoms with Crippen LogP contribution >= 0.6 is 0 Å². The summed E-state index contributed by atoms with van der Waals surface area (Å²) in [4.78, 5) is 21.8. The quantitative estimate of drug-likeness (QED) is 0.583. The molecular weight excluding hydrogens is 234 g/mol. The summed E-state index contributed by atoms with van der Waals surface area (Å²) in [6, 6.07) is 8.20. The summed E-state index contributed by atoms with van der Waals surface area (Å²) in [6.45, 7) is 0.658. The molecule has 1 aromatic rings. The Balaban J connectivity index is 2.17. The van der Waals surface area contributed by atoms with Gasteiger partial charge in [0, 0.05) is 13.1 Å². The first kappa shape index (κ1) is 14.0. The van der Waals surface area contributed by atoms with Crippen LogP contribution in [0.3, 0.4) is 0 Å². The highest BCUT2D eigenvalue weighted by Gasteiger charge is 2.10. The third-order valence-corrected chi connectivity index (χ3v) is 2.35. The van der Waals surface area contributed by atoms with Crippen molar-refractivity contribution >= 4 is 12.0 Å². The van der Waals surface area contributed by atoms with Gasteiger partial charge in [0.15, 0.2) is 0 Å². The lowest BCUT2D eigenvalue weighted by atomic mass is 10.2. The van der Waals surface area contributed by atoms with Crippen molar-refractivity contribution in [3.05, 3.63) is 35.9 Å². The minimum atomic E-state index is -1.07. The number of benzene rings is 1. The first-order valence-electron chi connectivity index (χ1n) is 5.63. The summed E-state index contributed by atoms with van der Waals surface area (Å²) < 4.78 is 0. The first-order valence-corrected chi connectivity index (χ1v) is 5.63. The van der Waals surface area contributed by atoms with Crippen LogP contribution in [0.2, 0.25) is 0 Å². The van der Waals surface area contributed by atoms with E-state index in [1.54, 1.807) is 0 Å². The van der Waals surface area contributed by atoms with Gasteiger partial charge in [0.25, 0.3) is 0 Å². The molecule has 6 heteroatoms. The van der Waals surface area contributed by atoms with Crippen LogP contribution in [0.4, 0.5) is 4.79 Å². The van der Waals surface area contributed by atoms with E-state index in [1.807, 2.05) is 30.3 Å². The Hall–Kier alpha value is -2.08. The highest BCUT2D eigenvalue weighted by atomic mass is 16.4. The second kappa shape index (κ2) is 7.29. The lowest BCUT2D eigenvalue weighted by molar-refractivity contribution is -0.138. The smallest absolute Gasteiger partial charge is 0.320 e. The maximum absolute atomic E-state index is 11.4. The van der Waals surface area contributed by atoms with Crippen molar-refractivity contribution in [2.24, 2.45) is 5.73 Å². The van der Waals surface area contributed by atoms with Gasteiger partial charge in [-0.25, -0.2) is 4.79 Å². The number of aliphatic carboxylic acids is 1. The molecule has 0 saturated carbocycles. The average molecular weight is 251 g/mol. The standard InChI is InChI=1S/C12H17N3O3/c13-10(11(16)17)6-7-14-12(18)15-8-9-4-2-1-3-5-9/h1-5,10H,6-8,13H2,(H,16,17)(H2,14,15,18)/t10-/m0/s1. The summed E-state index contributed by atoms with van der Waals surface area (Å²) in [5, 5.41) is 13.8. The number of hydrogen-bond donors (Lipinski definition) is 4. The summed E-state index contributed by atoms with van der Waals surface area (Å²) in [5.74, 6) is -1.07. The third kappa shape index (κ3) is 5.31. The summed E-state index contributed by atoms with van der Waals surface area (Å²) in [6.07, 6.45) is 0.202. The molecule has 1 atom stereocenters. The lowest BCUT2D eigenvalue weighted by Crippen LogP contribution is -2.39. The van der Waals surface area contributed by atoms with E-state index in [0.717, 1.165) is 5.56 Å². The zero-order valence-corrected chi connectivity index (χ0v) is 9.93. The molecule has 0 fully saturated rings. The number of carboxylic acids is 1. The Bertz CT molecular complexity index is 395. The minimum absolute atomic E-state index is 0.202. The van der Waals surface area contributed by atoms with Crippen LogP contribution in [0, 0.1) is 0 Å². The van der Waals surface area contributed by atoms with Gasteiger partial charge in [0.1, 0.15) is 6.04 Å². The van der Waals surface area contributed by atoms with E-state index < -0.39 is 12.0 Å². The largest absolute Gasteiger partial charge is 0.480 e. The molecule has 98 valence electrons. The number of hydrogen-bond acceptors (Lipinski definition) is 3. The van der Waals surface area contributed by atoms with Crippen LogP contribution in [-0.2, 0) is 11.3 Å². The van der Waals surface area contributed by atoms with Crippen LogP contribution in [-0.4, -0.2) is 29.7 Å². The molecule has 0 radical (unpaired) electrons. The van der Waals surface area contributed by atoms with Gasteiger partial charge in [0.2, 0.25) is 0 Å². The second-order valence-electron chi connectivity index (χ2n) is 3.83. The SMILES string of the molecule is N[C@@H](CCNC(=O)NCc1ccccc1)C(=O)O. The van der Waals surface area contributed by atoms with Gasteiger partial charge in [-0.1, -0.05) is 30.3 Å². The summed E-state index contributed by atoms with van der Waals surface area (Å²) in [7, 11) is 0. The van der Waals surface area contributed by atoms with Gasteiger partial charge >= 0.3 is 12.0 Å². The molecule has 5 N–H and O–H groups in total. The molecule has 6 nitrogen and oxygen atoms in total. The molecule has 0 aliphatic rings. The van der Waals surface area contributed by atoms with Gasteiger partial charge in [-0.15, -0.1) is 0 Å². The van der Waals surface area contributed by atoms with E-state index in [-0.39, 0.29) is 19.0 Å². The Morgan fingerprint density at radius 2 is 1.89 bits per heavy atom. The molecule has 0 aromatic heterocycles. The van der Waals surface area contributed by atoms with Crippen molar-refractivity contribution in [2.45, 2.75) is 19.0 Å². The number of nitrogens with one attached hydrogen (secondary N) is 2. The third-order valence-electron chi connectivity index (χ3n) is 2.35. The highest BCUT2D eigenvalue weighted by Crippen LogP contribution is 1.96. The van der Waals surface area contributed by atoms with Gasteiger partial charge in [-0.3, -0.25) is 4.79 Å². The number of urea groups is 1. The van der Waals surface area contributed by atoms with Crippen LogP contribution < -0.4 is 16.4 Å². The van der Waals surface area contributed by atoms with Crippen molar-refractivity contribution in [2.75, 3.05) is 6.54 Å². The van der Waals surface area contributed by atoms with Gasteiger partial charge < -0.3 is 21.5 Å². The fourth-order valence-corrected chi connectivity index (χ4v) is 1.31. The normalized spacial score (nSPS) is 11.6. The fourth-order valence-electron chi connectivity index (χ4n) is 1.31.